The maximum absolute atomic E-state index is 13.4. The Kier molecular flexibility index (Phi) is 3.93. The van der Waals surface area contributed by atoms with Crippen molar-refractivity contribution < 1.29 is 13.9 Å². The van der Waals surface area contributed by atoms with E-state index < -0.39 is 5.82 Å². The molecular formula is C10H12ClFN4O2. The normalized spacial score (nSPS) is 22.8. The van der Waals surface area contributed by atoms with E-state index in [-0.39, 0.29) is 29.2 Å². The summed E-state index contributed by atoms with van der Waals surface area (Å²) in [5.41, 5.74) is 0. The molecule has 6 nitrogen and oxygen atoms in total. The highest BCUT2D eigenvalue weighted by Gasteiger charge is 2.30. The minimum absolute atomic E-state index is 0.0330. The summed E-state index contributed by atoms with van der Waals surface area (Å²) >= 11 is 5.59. The van der Waals surface area contributed by atoms with Crippen LogP contribution in [-0.2, 0) is 9.53 Å². The van der Waals surface area contributed by atoms with Gasteiger partial charge in [0.2, 0.25) is 5.28 Å². The fourth-order valence-corrected chi connectivity index (χ4v) is 1.94. The average Bonchev–Trinajstić information content (AvgIpc) is 2.81. The topological polar surface area (TPSA) is 76.1 Å². The number of halogens is 2. The number of nitrogens with zero attached hydrogens (tertiary/aromatic N) is 2. The second-order valence-corrected chi connectivity index (χ2v) is 4.23. The zero-order chi connectivity index (χ0) is 13.1. The van der Waals surface area contributed by atoms with Crippen LogP contribution in [0.1, 0.15) is 6.42 Å². The summed E-state index contributed by atoms with van der Waals surface area (Å²) < 4.78 is 18.0. The lowest BCUT2D eigenvalue weighted by molar-refractivity contribution is -0.142. The molecule has 1 aromatic rings. The van der Waals surface area contributed by atoms with Crippen molar-refractivity contribution in [1.82, 2.24) is 15.3 Å². The van der Waals surface area contributed by atoms with Gasteiger partial charge in [0, 0.05) is 12.6 Å². The molecule has 8 heteroatoms. The molecule has 0 amide bonds. The van der Waals surface area contributed by atoms with Crippen molar-refractivity contribution in [2.24, 2.45) is 0 Å². The van der Waals surface area contributed by atoms with Gasteiger partial charge in [0.25, 0.3) is 0 Å². The summed E-state index contributed by atoms with van der Waals surface area (Å²) in [7, 11) is 1.33. The molecule has 0 unspecified atom stereocenters. The lowest BCUT2D eigenvalue weighted by Crippen LogP contribution is -2.31. The van der Waals surface area contributed by atoms with E-state index in [2.05, 4.69) is 25.3 Å². The Morgan fingerprint density at radius 2 is 2.50 bits per heavy atom. The number of hydrogen-bond acceptors (Lipinski definition) is 6. The summed E-state index contributed by atoms with van der Waals surface area (Å²) in [5.74, 6) is -0.881. The number of methoxy groups -OCH3 is 1. The first-order chi connectivity index (χ1) is 8.60. The number of rotatable bonds is 3. The van der Waals surface area contributed by atoms with E-state index in [1.807, 2.05) is 0 Å². The molecule has 1 aliphatic rings. The van der Waals surface area contributed by atoms with Gasteiger partial charge in [0.05, 0.1) is 13.3 Å². The third-order valence-electron chi connectivity index (χ3n) is 2.67. The quantitative estimate of drug-likeness (QED) is 0.620. The van der Waals surface area contributed by atoms with Gasteiger partial charge in [-0.05, 0) is 18.0 Å². The minimum atomic E-state index is -0.582. The monoisotopic (exact) mass is 274 g/mol. The summed E-state index contributed by atoms with van der Waals surface area (Å²) in [4.78, 5) is 18.6. The van der Waals surface area contributed by atoms with E-state index >= 15 is 0 Å². The fraction of sp³-hybridized carbons (Fsp3) is 0.500. The molecule has 0 aromatic carbocycles. The van der Waals surface area contributed by atoms with Gasteiger partial charge in [-0.15, -0.1) is 0 Å². The Bertz CT molecular complexity index is 460. The molecule has 1 aliphatic heterocycles. The second-order valence-electron chi connectivity index (χ2n) is 3.90. The molecule has 2 rings (SSSR count). The lowest BCUT2D eigenvalue weighted by atomic mass is 10.2. The highest BCUT2D eigenvalue weighted by atomic mass is 35.5. The molecule has 2 N–H and O–H groups in total. The van der Waals surface area contributed by atoms with Gasteiger partial charge >= 0.3 is 5.97 Å². The van der Waals surface area contributed by atoms with Crippen molar-refractivity contribution in [1.29, 1.82) is 0 Å². The Labute approximate surface area is 108 Å². The van der Waals surface area contributed by atoms with Crippen molar-refractivity contribution in [3.8, 4) is 0 Å². The Morgan fingerprint density at radius 3 is 3.22 bits per heavy atom. The first-order valence-electron chi connectivity index (χ1n) is 5.36. The molecular weight excluding hydrogens is 263 g/mol. The van der Waals surface area contributed by atoms with Gasteiger partial charge in [0.15, 0.2) is 11.6 Å². The van der Waals surface area contributed by atoms with E-state index in [1.165, 1.54) is 7.11 Å². The predicted octanol–water partition coefficient (Wildman–Crippen LogP) is 0.584. The molecule has 98 valence electrons. The molecule has 1 aromatic heterocycles. The smallest absolute Gasteiger partial charge is 0.322 e. The zero-order valence-electron chi connectivity index (χ0n) is 9.61. The standard InChI is InChI=1S/C10H12ClFN4O2/c1-18-9(17)7-2-5(3-13-7)15-8-6(12)4-14-10(11)16-8/h4-5,7,13H,2-3H2,1H3,(H,14,15,16)/t5-,7+/m1/s1. The average molecular weight is 275 g/mol. The van der Waals surface area contributed by atoms with Crippen molar-refractivity contribution in [3.05, 3.63) is 17.3 Å². The number of esters is 1. The van der Waals surface area contributed by atoms with Crippen LogP contribution >= 0.6 is 11.6 Å². The molecule has 0 spiro atoms. The van der Waals surface area contributed by atoms with Crippen molar-refractivity contribution in [2.45, 2.75) is 18.5 Å². The van der Waals surface area contributed by atoms with Crippen LogP contribution in [0.4, 0.5) is 10.2 Å². The van der Waals surface area contributed by atoms with Gasteiger partial charge < -0.3 is 15.4 Å². The fourth-order valence-electron chi connectivity index (χ4n) is 1.81. The zero-order valence-corrected chi connectivity index (χ0v) is 10.4. The largest absolute Gasteiger partial charge is 0.468 e. The van der Waals surface area contributed by atoms with Crippen molar-refractivity contribution >= 4 is 23.4 Å². The predicted molar refractivity (Wildman–Crippen MR) is 62.8 cm³/mol. The van der Waals surface area contributed by atoms with E-state index in [0.717, 1.165) is 6.20 Å². The third kappa shape index (κ3) is 2.85. The Hall–Kier alpha value is -1.47. The van der Waals surface area contributed by atoms with Crippen LogP contribution in [-0.4, -0.2) is 41.7 Å². The number of carbonyl (C=O) groups excluding carboxylic acids is 1. The Morgan fingerprint density at radius 1 is 1.72 bits per heavy atom. The maximum atomic E-state index is 13.4. The minimum Gasteiger partial charge on any atom is -0.468 e. The number of aromatic nitrogens is 2. The van der Waals surface area contributed by atoms with Crippen LogP contribution < -0.4 is 10.6 Å². The molecule has 0 radical (unpaired) electrons. The van der Waals surface area contributed by atoms with Crippen LogP contribution in [0.2, 0.25) is 5.28 Å². The molecule has 1 fully saturated rings. The molecule has 0 bridgehead atoms. The van der Waals surface area contributed by atoms with Gasteiger partial charge in [0.1, 0.15) is 6.04 Å². The van der Waals surface area contributed by atoms with E-state index in [4.69, 9.17) is 11.6 Å². The summed E-state index contributed by atoms with van der Waals surface area (Å²) in [6.45, 7) is 0.515. The highest BCUT2D eigenvalue weighted by molar-refractivity contribution is 6.28. The number of nitrogens with one attached hydrogen (secondary N) is 2. The molecule has 1 saturated heterocycles. The summed E-state index contributed by atoms with van der Waals surface area (Å²) in [6, 6.07) is -0.498. The molecule has 18 heavy (non-hydrogen) atoms. The van der Waals surface area contributed by atoms with Gasteiger partial charge in [-0.2, -0.15) is 4.98 Å². The molecule has 2 heterocycles. The summed E-state index contributed by atoms with van der Waals surface area (Å²) in [5, 5.41) is 5.82. The highest BCUT2D eigenvalue weighted by Crippen LogP contribution is 2.17. The molecule has 0 aliphatic carbocycles. The number of anilines is 1. The first kappa shape index (κ1) is 13.0. The SMILES string of the molecule is COC(=O)[C@@H]1C[C@@H](Nc2nc(Cl)ncc2F)CN1. The number of hydrogen-bond donors (Lipinski definition) is 2. The number of ether oxygens (including phenoxy) is 1. The van der Waals surface area contributed by atoms with Gasteiger partial charge in [-0.1, -0.05) is 0 Å². The van der Waals surface area contributed by atoms with Crippen LogP contribution in [0.15, 0.2) is 6.20 Å². The maximum Gasteiger partial charge on any atom is 0.322 e. The van der Waals surface area contributed by atoms with E-state index in [9.17, 15) is 9.18 Å². The summed E-state index contributed by atoms with van der Waals surface area (Å²) in [6.07, 6.45) is 1.49. The third-order valence-corrected chi connectivity index (χ3v) is 2.85. The number of carbonyl (C=O) groups is 1. The molecule has 2 atom stereocenters. The van der Waals surface area contributed by atoms with Crippen molar-refractivity contribution in [3.63, 3.8) is 0 Å². The van der Waals surface area contributed by atoms with Crippen molar-refractivity contribution in [2.75, 3.05) is 19.0 Å². The van der Waals surface area contributed by atoms with Crippen LogP contribution in [0.5, 0.6) is 0 Å². The molecule has 0 saturated carbocycles. The van der Waals surface area contributed by atoms with Gasteiger partial charge in [-0.3, -0.25) is 4.79 Å². The van der Waals surface area contributed by atoms with Crippen LogP contribution in [0.3, 0.4) is 0 Å². The first-order valence-corrected chi connectivity index (χ1v) is 5.73. The second kappa shape index (κ2) is 5.45. The van der Waals surface area contributed by atoms with Crippen LogP contribution in [0, 0.1) is 5.82 Å². The van der Waals surface area contributed by atoms with E-state index in [0.29, 0.717) is 13.0 Å². The van der Waals surface area contributed by atoms with Gasteiger partial charge in [-0.25, -0.2) is 9.37 Å². The van der Waals surface area contributed by atoms with E-state index in [1.54, 1.807) is 0 Å². The lowest BCUT2D eigenvalue weighted by Gasteiger charge is -2.12. The van der Waals surface area contributed by atoms with Crippen LogP contribution in [0.25, 0.3) is 0 Å². The Balaban J connectivity index is 1.99.